The van der Waals surface area contributed by atoms with Crippen LogP contribution in [0.4, 0.5) is 0 Å². The number of hydrogen-bond acceptors (Lipinski definition) is 6. The molecule has 1 unspecified atom stereocenters. The molecule has 0 aliphatic heterocycles. The Morgan fingerprint density at radius 3 is 2.36 bits per heavy atom. The average Bonchev–Trinajstić information content (AvgIpc) is 2.60. The first kappa shape index (κ1) is 19.1. The predicted molar refractivity (Wildman–Crippen MR) is 93.0 cm³/mol. The summed E-state index contributed by atoms with van der Waals surface area (Å²) in [6.45, 7) is 2.16. The van der Waals surface area contributed by atoms with Crippen LogP contribution >= 0.6 is 0 Å². The summed E-state index contributed by atoms with van der Waals surface area (Å²) < 4.78 is 16.0. The molecule has 7 heteroatoms. The van der Waals surface area contributed by atoms with Gasteiger partial charge in [0, 0.05) is 6.42 Å². The Bertz CT molecular complexity index is 647. The number of aryl methyl sites for hydroxylation is 1. The molecule has 1 aromatic rings. The molecule has 0 saturated heterocycles. The zero-order chi connectivity index (χ0) is 18.4. The van der Waals surface area contributed by atoms with Crippen molar-refractivity contribution in [2.75, 3.05) is 34.4 Å². The maximum absolute atomic E-state index is 12.6. The predicted octanol–water partition coefficient (Wildman–Crippen LogP) is 0.830. The fraction of sp³-hybridized carbons (Fsp3) is 0.556. The maximum Gasteiger partial charge on any atom is 0.332 e. The minimum absolute atomic E-state index is 0.139. The van der Waals surface area contributed by atoms with Gasteiger partial charge in [0.15, 0.2) is 11.5 Å². The average molecular weight is 350 g/mol. The topological polar surface area (TPSA) is 85.9 Å². The normalized spacial score (nSPS) is 18.9. The fourth-order valence-electron chi connectivity index (χ4n) is 3.19. The standard InChI is InChI=1S/C18H26N2O5/c1-5-25-17(22)18(20-16(21)11-19-2)7-6-12-8-14(23-3)15(24-4)9-13(12)10-18/h8-9,19H,5-7,10-11H2,1-4H3,(H,20,21). The first-order valence-electron chi connectivity index (χ1n) is 8.36. The summed E-state index contributed by atoms with van der Waals surface area (Å²) in [6, 6.07) is 3.80. The SMILES string of the molecule is CCOC(=O)C1(NC(=O)CNC)CCc2cc(OC)c(OC)cc2C1. The van der Waals surface area contributed by atoms with Crippen LogP contribution in [0.5, 0.6) is 11.5 Å². The van der Waals surface area contributed by atoms with E-state index in [1.807, 2.05) is 12.1 Å². The number of esters is 1. The van der Waals surface area contributed by atoms with Crippen molar-refractivity contribution in [1.82, 2.24) is 10.6 Å². The third kappa shape index (κ3) is 4.04. The van der Waals surface area contributed by atoms with E-state index >= 15 is 0 Å². The molecule has 0 radical (unpaired) electrons. The molecule has 7 nitrogen and oxygen atoms in total. The number of carbonyl (C=O) groups excluding carboxylic acids is 2. The molecule has 0 spiro atoms. The van der Waals surface area contributed by atoms with Gasteiger partial charge in [-0.3, -0.25) is 4.79 Å². The highest BCUT2D eigenvalue weighted by Crippen LogP contribution is 2.37. The number of hydrogen-bond donors (Lipinski definition) is 2. The van der Waals surface area contributed by atoms with E-state index < -0.39 is 11.5 Å². The van der Waals surface area contributed by atoms with Gasteiger partial charge in [0.2, 0.25) is 5.91 Å². The smallest absolute Gasteiger partial charge is 0.332 e. The first-order valence-corrected chi connectivity index (χ1v) is 8.36. The second-order valence-electron chi connectivity index (χ2n) is 6.03. The summed E-state index contributed by atoms with van der Waals surface area (Å²) >= 11 is 0. The molecule has 0 aromatic heterocycles. The third-order valence-corrected chi connectivity index (χ3v) is 4.40. The molecule has 0 saturated carbocycles. The summed E-state index contributed by atoms with van der Waals surface area (Å²) in [4.78, 5) is 24.8. The Hall–Kier alpha value is -2.28. The lowest BCUT2D eigenvalue weighted by Crippen LogP contribution is -2.59. The van der Waals surface area contributed by atoms with E-state index in [4.69, 9.17) is 14.2 Å². The van der Waals surface area contributed by atoms with Crippen molar-refractivity contribution >= 4 is 11.9 Å². The van der Waals surface area contributed by atoms with Gasteiger partial charge >= 0.3 is 5.97 Å². The Kier molecular flexibility index (Phi) is 6.25. The van der Waals surface area contributed by atoms with Gasteiger partial charge in [0.05, 0.1) is 27.4 Å². The molecule has 1 aliphatic carbocycles. The van der Waals surface area contributed by atoms with Crippen molar-refractivity contribution in [2.24, 2.45) is 0 Å². The Morgan fingerprint density at radius 2 is 1.80 bits per heavy atom. The van der Waals surface area contributed by atoms with E-state index in [9.17, 15) is 9.59 Å². The fourth-order valence-corrected chi connectivity index (χ4v) is 3.19. The van der Waals surface area contributed by atoms with Gasteiger partial charge in [-0.15, -0.1) is 0 Å². The lowest BCUT2D eigenvalue weighted by Gasteiger charge is -2.37. The van der Waals surface area contributed by atoms with Crippen LogP contribution in [0, 0.1) is 0 Å². The lowest BCUT2D eigenvalue weighted by atomic mass is 9.77. The molecule has 1 atom stereocenters. The molecular weight excluding hydrogens is 324 g/mol. The summed E-state index contributed by atoms with van der Waals surface area (Å²) in [5.41, 5.74) is 0.971. The lowest BCUT2D eigenvalue weighted by molar-refractivity contribution is -0.154. The molecule has 2 rings (SSSR count). The Morgan fingerprint density at radius 1 is 1.16 bits per heavy atom. The van der Waals surface area contributed by atoms with E-state index in [2.05, 4.69) is 10.6 Å². The van der Waals surface area contributed by atoms with E-state index in [0.717, 1.165) is 11.1 Å². The summed E-state index contributed by atoms with van der Waals surface area (Å²) in [5.74, 6) is 0.617. The van der Waals surface area contributed by atoms with Crippen molar-refractivity contribution in [3.63, 3.8) is 0 Å². The van der Waals surface area contributed by atoms with Crippen LogP contribution in [0.25, 0.3) is 0 Å². The largest absolute Gasteiger partial charge is 0.493 e. The van der Waals surface area contributed by atoms with Gasteiger partial charge in [-0.25, -0.2) is 4.79 Å². The monoisotopic (exact) mass is 350 g/mol. The van der Waals surface area contributed by atoms with Crippen molar-refractivity contribution in [3.8, 4) is 11.5 Å². The van der Waals surface area contributed by atoms with E-state index in [1.54, 1.807) is 28.2 Å². The molecule has 2 N–H and O–H groups in total. The highest BCUT2D eigenvalue weighted by Gasteiger charge is 2.44. The molecule has 1 amide bonds. The second kappa shape index (κ2) is 8.20. The van der Waals surface area contributed by atoms with Gasteiger partial charge in [-0.05, 0) is 50.1 Å². The Balaban J connectivity index is 2.37. The molecule has 1 aromatic carbocycles. The zero-order valence-electron chi connectivity index (χ0n) is 15.2. The summed E-state index contributed by atoms with van der Waals surface area (Å²) in [5, 5.41) is 5.67. The number of rotatable bonds is 7. The van der Waals surface area contributed by atoms with Crippen molar-refractivity contribution in [2.45, 2.75) is 31.7 Å². The molecule has 1 aliphatic rings. The number of carbonyl (C=O) groups is 2. The molecule has 138 valence electrons. The van der Waals surface area contributed by atoms with Crippen LogP contribution < -0.4 is 20.1 Å². The molecule has 0 fully saturated rings. The van der Waals surface area contributed by atoms with Gasteiger partial charge < -0.3 is 24.8 Å². The number of amides is 1. The summed E-state index contributed by atoms with van der Waals surface area (Å²) in [7, 11) is 4.85. The Labute approximate surface area is 148 Å². The number of methoxy groups -OCH3 is 2. The first-order chi connectivity index (χ1) is 12.0. The molecular formula is C18H26N2O5. The van der Waals surface area contributed by atoms with Crippen LogP contribution in [-0.4, -0.2) is 51.8 Å². The number of likely N-dealkylation sites (N-methyl/N-ethyl adjacent to an activating group) is 1. The third-order valence-electron chi connectivity index (χ3n) is 4.40. The van der Waals surface area contributed by atoms with Crippen molar-refractivity contribution < 1.29 is 23.8 Å². The van der Waals surface area contributed by atoms with Gasteiger partial charge in [0.25, 0.3) is 0 Å². The van der Waals surface area contributed by atoms with Gasteiger partial charge in [-0.1, -0.05) is 0 Å². The number of nitrogens with one attached hydrogen (secondary N) is 2. The van der Waals surface area contributed by atoms with E-state index in [-0.39, 0.29) is 19.1 Å². The molecule has 0 bridgehead atoms. The maximum atomic E-state index is 12.6. The van der Waals surface area contributed by atoms with Gasteiger partial charge in [-0.2, -0.15) is 0 Å². The van der Waals surface area contributed by atoms with E-state index in [1.165, 1.54) is 0 Å². The highest BCUT2D eigenvalue weighted by atomic mass is 16.5. The van der Waals surface area contributed by atoms with Crippen molar-refractivity contribution in [1.29, 1.82) is 0 Å². The summed E-state index contributed by atoms with van der Waals surface area (Å²) in [6.07, 6.45) is 1.47. The number of fused-ring (bicyclic) bond motifs is 1. The zero-order valence-corrected chi connectivity index (χ0v) is 15.2. The minimum atomic E-state index is -1.06. The second-order valence-corrected chi connectivity index (χ2v) is 6.03. The molecule has 25 heavy (non-hydrogen) atoms. The highest BCUT2D eigenvalue weighted by molar-refractivity contribution is 5.89. The van der Waals surface area contributed by atoms with Gasteiger partial charge in [0.1, 0.15) is 5.54 Å². The quantitative estimate of drug-likeness (QED) is 0.709. The number of benzene rings is 1. The van der Waals surface area contributed by atoms with Crippen LogP contribution in [-0.2, 0) is 27.2 Å². The minimum Gasteiger partial charge on any atom is -0.493 e. The van der Waals surface area contributed by atoms with Crippen LogP contribution in [0.3, 0.4) is 0 Å². The van der Waals surface area contributed by atoms with Crippen LogP contribution in [0.2, 0.25) is 0 Å². The van der Waals surface area contributed by atoms with Crippen LogP contribution in [0.1, 0.15) is 24.5 Å². The number of ether oxygens (including phenoxy) is 3. The van der Waals surface area contributed by atoms with Crippen LogP contribution in [0.15, 0.2) is 12.1 Å². The van der Waals surface area contributed by atoms with E-state index in [0.29, 0.717) is 30.8 Å². The van der Waals surface area contributed by atoms with Crippen molar-refractivity contribution in [3.05, 3.63) is 23.3 Å². The molecule has 0 heterocycles.